The first kappa shape index (κ1) is 31.8. The molecule has 2 aliphatic carbocycles. The number of nitrogens with zero attached hydrogens (tertiary/aromatic N) is 2. The second kappa shape index (κ2) is 11.4. The van der Waals surface area contributed by atoms with Crippen molar-refractivity contribution in [3.05, 3.63) is 168 Å². The van der Waals surface area contributed by atoms with Crippen molar-refractivity contribution in [3.63, 3.8) is 0 Å². The number of halogens is 2. The molecule has 240 valence electrons. The fraction of sp³-hybridized carbons (Fsp3) is 0.111. The Kier molecular flexibility index (Phi) is 7.28. The summed E-state index contributed by atoms with van der Waals surface area (Å²) in [4.78, 5) is 0. The van der Waals surface area contributed by atoms with Crippen LogP contribution >= 0.6 is 0 Å². The van der Waals surface area contributed by atoms with E-state index in [2.05, 4.69) is 169 Å². The molecule has 0 bridgehead atoms. The van der Waals surface area contributed by atoms with Crippen molar-refractivity contribution in [1.29, 1.82) is 0 Å². The second-order valence-electron chi connectivity index (χ2n) is 14.3. The minimum Gasteiger partial charge on any atom is -1.00 e. The number of aromatic nitrogens is 2. The van der Waals surface area contributed by atoms with E-state index in [1.165, 1.54) is 66.8 Å². The van der Waals surface area contributed by atoms with Gasteiger partial charge in [0.15, 0.2) is 0 Å². The zero-order chi connectivity index (χ0) is 31.7. The molecule has 2 atom stereocenters. The van der Waals surface area contributed by atoms with E-state index in [0.717, 1.165) is 0 Å². The maximum Gasteiger partial charge on any atom is -1.00 e. The average Bonchev–Trinajstić information content (AvgIpc) is 3.84. The summed E-state index contributed by atoms with van der Waals surface area (Å²) in [5.74, 6) is 0.474. The Labute approximate surface area is 316 Å². The summed E-state index contributed by atoms with van der Waals surface area (Å²) in [6.45, 7) is 5.15. The number of fused-ring (bicyclic) bond motifs is 6. The molecule has 2 aromatic heterocycles. The summed E-state index contributed by atoms with van der Waals surface area (Å²) in [6.07, 6.45) is 0. The van der Waals surface area contributed by atoms with Gasteiger partial charge in [0.1, 0.15) is 0 Å². The Morgan fingerprint density at radius 3 is 1.30 bits per heavy atom. The third kappa shape index (κ3) is 4.00. The van der Waals surface area contributed by atoms with Gasteiger partial charge in [0.2, 0.25) is 0 Å². The fourth-order valence-corrected chi connectivity index (χ4v) is 13.3. The van der Waals surface area contributed by atoms with Gasteiger partial charge >= 0.3 is 294 Å². The molecule has 2 nitrogen and oxygen atoms in total. The molecule has 0 amide bonds. The van der Waals surface area contributed by atoms with Crippen molar-refractivity contribution in [3.8, 4) is 33.9 Å². The quantitative estimate of drug-likeness (QED) is 0.254. The van der Waals surface area contributed by atoms with Crippen LogP contribution in [0.3, 0.4) is 0 Å². The predicted octanol–water partition coefficient (Wildman–Crippen LogP) is 3.88. The predicted molar refractivity (Wildman–Crippen MR) is 194 cm³/mol. The van der Waals surface area contributed by atoms with Crippen LogP contribution in [0, 0.1) is 5.41 Å². The molecule has 0 saturated carbocycles. The third-order valence-electron chi connectivity index (χ3n) is 11.5. The molecule has 2 unspecified atom stereocenters. The number of para-hydroxylation sites is 2. The molecular formula is C45H32Cl2N2Zr. The molecule has 50 heavy (non-hydrogen) atoms. The normalized spacial score (nSPS) is 16.8. The standard InChI is InChI=1S/C45H32N2.2ClH.Zr/c1-45(2,41-31-21-9-11-23-33(31)43-39(41)35-25-13-15-27-37(35)46(43)29-17-5-3-6-18-29)42-32-22-10-12-24-34(32)44-40(42)36-26-14-16-28-38(36)47(44)30-19-7-4-8-20-30;;;/h3-24,27-28,41-42H,1-2H3;2*1H;/q;;;+2/p-2. The van der Waals surface area contributed by atoms with E-state index < -0.39 is 23.2 Å². The topological polar surface area (TPSA) is 9.86 Å². The number of hydrogen-bond acceptors (Lipinski definition) is 0. The van der Waals surface area contributed by atoms with Gasteiger partial charge < -0.3 is 24.8 Å². The summed E-state index contributed by atoms with van der Waals surface area (Å²) < 4.78 is 8.34. The first-order valence-corrected chi connectivity index (χ1v) is 19.5. The van der Waals surface area contributed by atoms with E-state index in [4.69, 9.17) is 0 Å². The smallest absolute Gasteiger partial charge is 1.00 e. The molecule has 0 N–H and O–H groups in total. The number of benzene rings is 6. The van der Waals surface area contributed by atoms with Crippen LogP contribution in [-0.2, 0) is 23.2 Å². The van der Waals surface area contributed by atoms with Crippen molar-refractivity contribution in [2.75, 3.05) is 0 Å². The van der Waals surface area contributed by atoms with Gasteiger partial charge in [-0.1, -0.05) is 0 Å². The van der Waals surface area contributed by atoms with Gasteiger partial charge in [-0.2, -0.15) is 0 Å². The van der Waals surface area contributed by atoms with Gasteiger partial charge in [0, 0.05) is 0 Å². The van der Waals surface area contributed by atoms with Crippen LogP contribution in [0.4, 0.5) is 0 Å². The van der Waals surface area contributed by atoms with Gasteiger partial charge in [-0.15, -0.1) is 0 Å². The molecule has 1 aliphatic heterocycles. The Balaban J connectivity index is 0.00000168. The first-order valence-electron chi connectivity index (χ1n) is 17.0. The van der Waals surface area contributed by atoms with Crippen molar-refractivity contribution < 1.29 is 48.0 Å². The van der Waals surface area contributed by atoms with Crippen LogP contribution in [0.25, 0.3) is 55.7 Å². The summed E-state index contributed by atoms with van der Waals surface area (Å²) in [5.41, 5.74) is 16.6. The van der Waals surface area contributed by atoms with Crippen molar-refractivity contribution >= 4 is 28.3 Å². The second-order valence-corrected chi connectivity index (χ2v) is 17.5. The molecule has 6 aromatic carbocycles. The molecule has 0 radical (unpaired) electrons. The van der Waals surface area contributed by atoms with E-state index in [1.807, 2.05) is 0 Å². The van der Waals surface area contributed by atoms with Crippen LogP contribution < -0.4 is 31.4 Å². The van der Waals surface area contributed by atoms with E-state index in [1.54, 1.807) is 17.7 Å². The monoisotopic (exact) mass is 760 g/mol. The largest absolute Gasteiger partial charge is 1.00 e. The van der Waals surface area contributed by atoms with Crippen molar-refractivity contribution in [2.45, 2.75) is 25.7 Å². The molecule has 8 aromatic rings. The van der Waals surface area contributed by atoms with E-state index in [-0.39, 0.29) is 42.1 Å². The molecule has 0 fully saturated rings. The van der Waals surface area contributed by atoms with Gasteiger partial charge in [-0.05, 0) is 0 Å². The number of hydrogen-bond donors (Lipinski definition) is 0. The third-order valence-corrected chi connectivity index (χ3v) is 14.9. The molecule has 3 heterocycles. The average molecular weight is 763 g/mol. The minimum atomic E-state index is -1.28. The van der Waals surface area contributed by atoms with Gasteiger partial charge in [0.05, 0.1) is 0 Å². The molecular weight excluding hydrogens is 731 g/mol. The van der Waals surface area contributed by atoms with E-state index >= 15 is 0 Å². The number of rotatable bonds is 2. The SMILES string of the molecule is CC1(C)C2c3ccccc3-c3c2c2[c](cccc2n3-c2ccccc2)[Zr+2][c]2cccc3c2c2c(n3-c3ccccc3)-c3ccccc3C21.[Cl-].[Cl-]. The van der Waals surface area contributed by atoms with Gasteiger partial charge in [-0.3, -0.25) is 0 Å². The van der Waals surface area contributed by atoms with Gasteiger partial charge in [-0.25, -0.2) is 0 Å². The maximum absolute atomic E-state index is 2.59. The first-order chi connectivity index (χ1) is 23.6. The summed E-state index contributed by atoms with van der Waals surface area (Å²) in [7, 11) is 0. The Hall–Kier alpha value is -4.14. The molecule has 5 heteroatoms. The zero-order valence-corrected chi connectivity index (χ0v) is 31.6. The molecule has 3 aliphatic rings. The van der Waals surface area contributed by atoms with Crippen LogP contribution in [0.5, 0.6) is 0 Å². The van der Waals surface area contributed by atoms with Crippen LogP contribution in [-0.4, -0.2) is 9.13 Å². The van der Waals surface area contributed by atoms with Crippen molar-refractivity contribution in [1.82, 2.24) is 9.13 Å². The van der Waals surface area contributed by atoms with E-state index in [0.29, 0.717) is 0 Å². The summed E-state index contributed by atoms with van der Waals surface area (Å²) in [5, 5.41) is 3.01. The van der Waals surface area contributed by atoms with Gasteiger partial charge in [0.25, 0.3) is 0 Å². The fourth-order valence-electron chi connectivity index (χ4n) is 9.83. The molecule has 0 spiro atoms. The maximum atomic E-state index is 2.59. The van der Waals surface area contributed by atoms with E-state index in [9.17, 15) is 0 Å². The zero-order valence-electron chi connectivity index (χ0n) is 27.7. The Bertz CT molecular complexity index is 2450. The molecule has 0 saturated heterocycles. The van der Waals surface area contributed by atoms with Crippen LogP contribution in [0.2, 0.25) is 0 Å². The van der Waals surface area contributed by atoms with Crippen molar-refractivity contribution in [2.24, 2.45) is 5.41 Å². The van der Waals surface area contributed by atoms with Crippen LogP contribution in [0.1, 0.15) is 47.9 Å². The Morgan fingerprint density at radius 2 is 0.860 bits per heavy atom. The Morgan fingerprint density at radius 1 is 0.460 bits per heavy atom. The van der Waals surface area contributed by atoms with Crippen LogP contribution in [0.15, 0.2) is 146 Å². The summed E-state index contributed by atoms with van der Waals surface area (Å²) >= 11 is -1.28. The molecule has 11 rings (SSSR count). The minimum absolute atomic E-state index is 0. The summed E-state index contributed by atoms with van der Waals surface area (Å²) in [6, 6.07) is 55.1.